The Balaban J connectivity index is 1.76. The smallest absolute Gasteiger partial charge is 0.245 e. The van der Waals surface area contributed by atoms with Gasteiger partial charge in [0.2, 0.25) is 27.7 Å². The molecule has 0 spiro atoms. The molecule has 0 radical (unpaired) electrons. The molecule has 0 bridgehead atoms. The summed E-state index contributed by atoms with van der Waals surface area (Å²) in [5, 5.41) is 8.07. The zero-order valence-electron chi connectivity index (χ0n) is 19.7. The van der Waals surface area contributed by atoms with Crippen molar-refractivity contribution in [3.8, 4) is 17.4 Å². The lowest BCUT2D eigenvalue weighted by atomic mass is 10.0. The van der Waals surface area contributed by atoms with E-state index in [0.717, 1.165) is 0 Å². The zero-order chi connectivity index (χ0) is 25.2. The Hall–Kier alpha value is -3.03. The van der Waals surface area contributed by atoms with Crippen molar-refractivity contribution in [2.24, 2.45) is 0 Å². The third kappa shape index (κ3) is 5.02. The number of aromatic nitrogens is 6. The first-order valence-electron chi connectivity index (χ1n) is 10.9. The fourth-order valence-corrected chi connectivity index (χ4v) is 5.17. The molecular formula is C21H26ClN7O5S. The van der Waals surface area contributed by atoms with Crippen molar-refractivity contribution >= 4 is 27.6 Å². The highest BCUT2D eigenvalue weighted by atomic mass is 35.5. The molecule has 1 aliphatic rings. The van der Waals surface area contributed by atoms with Gasteiger partial charge in [0.05, 0.1) is 31.1 Å². The van der Waals surface area contributed by atoms with Crippen LogP contribution >= 0.6 is 11.6 Å². The lowest BCUT2D eigenvalue weighted by Gasteiger charge is -2.22. The molecule has 3 aromatic rings. The molecule has 0 aromatic carbocycles. The van der Waals surface area contributed by atoms with Crippen LogP contribution in [0.25, 0.3) is 5.69 Å². The summed E-state index contributed by atoms with van der Waals surface area (Å²) in [6, 6.07) is 3.38. The summed E-state index contributed by atoms with van der Waals surface area (Å²) in [7, 11) is -1.06. The van der Waals surface area contributed by atoms with E-state index in [1.165, 1.54) is 31.3 Å². The van der Waals surface area contributed by atoms with Gasteiger partial charge < -0.3 is 14.2 Å². The predicted octanol–water partition coefficient (Wildman–Crippen LogP) is 2.56. The average Bonchev–Trinajstić information content (AvgIpc) is 3.52. The Bertz CT molecular complexity index is 1260. The molecule has 3 aromatic heterocycles. The number of hydrogen-bond acceptors (Lipinski definition) is 10. The first-order valence-corrected chi connectivity index (χ1v) is 12.8. The summed E-state index contributed by atoms with van der Waals surface area (Å²) in [5.74, 6) is 0.221. The number of hydrogen-bond donors (Lipinski definition) is 1. The van der Waals surface area contributed by atoms with Crippen LogP contribution in [0.3, 0.4) is 0 Å². The van der Waals surface area contributed by atoms with Gasteiger partial charge in [-0.3, -0.25) is 14.3 Å². The van der Waals surface area contributed by atoms with Crippen LogP contribution in [0.1, 0.15) is 43.6 Å². The maximum atomic E-state index is 13.4. The molecule has 1 aliphatic heterocycles. The Morgan fingerprint density at radius 3 is 2.43 bits per heavy atom. The van der Waals surface area contributed by atoms with Gasteiger partial charge in [0.15, 0.2) is 5.69 Å². The highest BCUT2D eigenvalue weighted by Gasteiger charge is 2.34. The number of nitrogens with one attached hydrogen (secondary N) is 1. The Morgan fingerprint density at radius 1 is 1.14 bits per heavy atom. The second kappa shape index (κ2) is 10.3. The van der Waals surface area contributed by atoms with E-state index in [4.69, 9.17) is 25.8 Å². The number of methoxy groups -OCH3 is 2. The van der Waals surface area contributed by atoms with E-state index < -0.39 is 21.2 Å². The van der Waals surface area contributed by atoms with Crippen molar-refractivity contribution in [2.75, 3.05) is 32.2 Å². The van der Waals surface area contributed by atoms with Crippen LogP contribution in [0.2, 0.25) is 5.02 Å². The molecule has 1 fully saturated rings. The molecular weight excluding hydrogens is 498 g/mol. The summed E-state index contributed by atoms with van der Waals surface area (Å²) in [6.45, 7) is 4.35. The topological polar surface area (TPSA) is 143 Å². The molecule has 4 heterocycles. The van der Waals surface area contributed by atoms with Crippen LogP contribution in [-0.2, 0) is 14.8 Å². The third-order valence-electron chi connectivity index (χ3n) is 5.99. The van der Waals surface area contributed by atoms with Crippen LogP contribution < -0.4 is 14.2 Å². The summed E-state index contributed by atoms with van der Waals surface area (Å²) < 4.78 is 47.4. The third-order valence-corrected chi connectivity index (χ3v) is 8.07. The minimum Gasteiger partial charge on any atom is -0.479 e. The molecule has 188 valence electrons. The Kier molecular flexibility index (Phi) is 7.38. The number of rotatable bonds is 9. The first-order chi connectivity index (χ1) is 16.8. The van der Waals surface area contributed by atoms with Crippen LogP contribution in [0.4, 0.5) is 5.95 Å². The second-order valence-corrected chi connectivity index (χ2v) is 10.5. The van der Waals surface area contributed by atoms with E-state index in [2.05, 4.69) is 29.9 Å². The second-order valence-electron chi connectivity index (χ2n) is 8.06. The van der Waals surface area contributed by atoms with Gasteiger partial charge in [0.25, 0.3) is 0 Å². The van der Waals surface area contributed by atoms with Gasteiger partial charge in [-0.2, -0.15) is 9.97 Å². The van der Waals surface area contributed by atoms with Crippen molar-refractivity contribution in [1.82, 2.24) is 29.7 Å². The SMILES string of the molecule is COc1ncnc(OC)c1-n1c(NS(=O)(=O)[C@@H](C)[C@H](C)c2ccc(Cl)cn2)nnc1[C@H]1CCOC1. The summed E-state index contributed by atoms with van der Waals surface area (Å²) in [6.07, 6.45) is 3.47. The van der Waals surface area contributed by atoms with Gasteiger partial charge in [-0.15, -0.1) is 10.2 Å². The standard InChI is InChI=1S/C21H26ClN7O5S/c1-12(16-6-5-15(22)9-23-16)13(2)35(30,31)28-21-27-26-18(14-7-8-34-10-14)29(21)17-19(32-3)24-11-25-20(17)33-4/h5-6,9,11-14H,7-8,10H2,1-4H3,(H,27,28)/t12-,13-,14-/m0/s1. The van der Waals surface area contributed by atoms with Gasteiger partial charge >= 0.3 is 0 Å². The normalized spacial score (nSPS) is 17.7. The van der Waals surface area contributed by atoms with Crippen molar-refractivity contribution in [3.05, 3.63) is 41.2 Å². The van der Waals surface area contributed by atoms with Crippen molar-refractivity contribution < 1.29 is 22.6 Å². The van der Waals surface area contributed by atoms with Gasteiger partial charge in [0.1, 0.15) is 12.2 Å². The zero-order valence-corrected chi connectivity index (χ0v) is 21.2. The maximum Gasteiger partial charge on any atom is 0.245 e. The van der Waals surface area contributed by atoms with Crippen LogP contribution in [-0.4, -0.2) is 70.8 Å². The number of anilines is 1. The van der Waals surface area contributed by atoms with E-state index in [1.807, 2.05) is 0 Å². The van der Waals surface area contributed by atoms with E-state index >= 15 is 0 Å². The fraction of sp³-hybridized carbons (Fsp3) is 0.476. The summed E-state index contributed by atoms with van der Waals surface area (Å²) in [5.41, 5.74) is 0.875. The molecule has 35 heavy (non-hydrogen) atoms. The van der Waals surface area contributed by atoms with Gasteiger partial charge in [-0.1, -0.05) is 18.5 Å². The van der Waals surface area contributed by atoms with Crippen LogP contribution in [0, 0.1) is 0 Å². The van der Waals surface area contributed by atoms with Gasteiger partial charge in [-0.25, -0.2) is 8.42 Å². The molecule has 0 amide bonds. The maximum absolute atomic E-state index is 13.4. The number of ether oxygens (including phenoxy) is 3. The number of halogens is 1. The lowest BCUT2D eigenvalue weighted by Crippen LogP contribution is -2.31. The largest absolute Gasteiger partial charge is 0.479 e. The Morgan fingerprint density at radius 2 is 1.86 bits per heavy atom. The lowest BCUT2D eigenvalue weighted by molar-refractivity contribution is 0.193. The minimum absolute atomic E-state index is 0.0404. The van der Waals surface area contributed by atoms with E-state index in [0.29, 0.717) is 36.2 Å². The number of sulfonamides is 1. The molecule has 12 nitrogen and oxygen atoms in total. The van der Waals surface area contributed by atoms with Crippen molar-refractivity contribution in [2.45, 2.75) is 37.4 Å². The monoisotopic (exact) mass is 523 g/mol. The van der Waals surface area contributed by atoms with Crippen molar-refractivity contribution in [1.29, 1.82) is 0 Å². The summed E-state index contributed by atoms with van der Waals surface area (Å²) in [4.78, 5) is 12.6. The number of nitrogens with zero attached hydrogens (tertiary/aromatic N) is 6. The average molecular weight is 524 g/mol. The molecule has 1 saturated heterocycles. The van der Waals surface area contributed by atoms with Crippen LogP contribution in [0.5, 0.6) is 11.8 Å². The van der Waals surface area contributed by atoms with Crippen molar-refractivity contribution in [3.63, 3.8) is 0 Å². The van der Waals surface area contributed by atoms with E-state index in [9.17, 15) is 8.42 Å². The van der Waals surface area contributed by atoms with Gasteiger partial charge in [-0.05, 0) is 25.5 Å². The highest BCUT2D eigenvalue weighted by Crippen LogP contribution is 2.36. The van der Waals surface area contributed by atoms with Gasteiger partial charge in [0, 0.05) is 30.3 Å². The van der Waals surface area contributed by atoms with E-state index in [1.54, 1.807) is 26.0 Å². The quantitative estimate of drug-likeness (QED) is 0.444. The van der Waals surface area contributed by atoms with Crippen LogP contribution in [0.15, 0.2) is 24.7 Å². The molecule has 3 atom stereocenters. The minimum atomic E-state index is -3.95. The molecule has 14 heteroatoms. The predicted molar refractivity (Wildman–Crippen MR) is 128 cm³/mol. The molecule has 0 aliphatic carbocycles. The summed E-state index contributed by atoms with van der Waals surface area (Å²) >= 11 is 5.92. The molecule has 1 N–H and O–H groups in total. The highest BCUT2D eigenvalue weighted by molar-refractivity contribution is 7.93. The number of pyridine rings is 1. The van der Waals surface area contributed by atoms with E-state index in [-0.39, 0.29) is 29.3 Å². The molecule has 4 rings (SSSR count). The fourth-order valence-electron chi connectivity index (χ4n) is 3.81. The molecule has 0 unspecified atom stereocenters. The first kappa shape index (κ1) is 25.1. The molecule has 0 saturated carbocycles. The Labute approximate surface area is 208 Å².